The molecule has 3 aromatic rings. The Labute approximate surface area is 241 Å². The largest absolute Gasteiger partial charge is 0.497 e. The summed E-state index contributed by atoms with van der Waals surface area (Å²) in [5.41, 5.74) is -1.07. The quantitative estimate of drug-likeness (QED) is 0.325. The normalized spacial score (nSPS) is 12.4. The lowest BCUT2D eigenvalue weighted by molar-refractivity contribution is -0.139. The van der Waals surface area contributed by atoms with E-state index >= 15 is 0 Å². The summed E-state index contributed by atoms with van der Waals surface area (Å²) in [6.45, 7) is 2.48. The molecule has 0 spiro atoms. The first-order chi connectivity index (χ1) is 19.3. The Balaban J connectivity index is 2.09. The van der Waals surface area contributed by atoms with Gasteiger partial charge in [-0.25, -0.2) is 8.42 Å². The number of nitrogens with zero attached hydrogens (tertiary/aromatic N) is 2. The molecule has 0 saturated carbocycles. The number of ether oxygens (including phenoxy) is 1. The van der Waals surface area contributed by atoms with E-state index in [1.165, 1.54) is 43.2 Å². The zero-order valence-corrected chi connectivity index (χ0v) is 24.1. The Bertz CT molecular complexity index is 1470. The van der Waals surface area contributed by atoms with Crippen LogP contribution in [0.3, 0.4) is 0 Å². The Morgan fingerprint density at radius 2 is 1.66 bits per heavy atom. The molecule has 13 heteroatoms. The number of amides is 2. The molecule has 41 heavy (non-hydrogen) atoms. The van der Waals surface area contributed by atoms with Crippen LogP contribution in [0.4, 0.5) is 18.9 Å². The second-order valence-corrected chi connectivity index (χ2v) is 11.2. The van der Waals surface area contributed by atoms with Crippen molar-refractivity contribution in [3.63, 3.8) is 0 Å². The van der Waals surface area contributed by atoms with Gasteiger partial charge in [0.2, 0.25) is 11.8 Å². The van der Waals surface area contributed by atoms with Gasteiger partial charge in [0.25, 0.3) is 10.0 Å². The summed E-state index contributed by atoms with van der Waals surface area (Å²) in [4.78, 5) is 27.5. The van der Waals surface area contributed by atoms with Crippen molar-refractivity contribution in [2.24, 2.45) is 0 Å². The van der Waals surface area contributed by atoms with Crippen molar-refractivity contribution in [1.29, 1.82) is 0 Å². The predicted octanol–water partition coefficient (Wildman–Crippen LogP) is 5.12. The number of carbonyl (C=O) groups excluding carboxylic acids is 2. The Morgan fingerprint density at radius 1 is 1.02 bits per heavy atom. The van der Waals surface area contributed by atoms with Crippen molar-refractivity contribution < 1.29 is 35.9 Å². The molecule has 220 valence electrons. The summed E-state index contributed by atoms with van der Waals surface area (Å²) < 4.78 is 74.2. The molecular formula is C28H29ClF3N3O5S. The van der Waals surface area contributed by atoms with Crippen LogP contribution in [0, 0.1) is 0 Å². The number of carbonyl (C=O) groups is 2. The van der Waals surface area contributed by atoms with Crippen LogP contribution in [-0.4, -0.2) is 51.4 Å². The van der Waals surface area contributed by atoms with E-state index in [4.69, 9.17) is 16.3 Å². The third-order valence-electron chi connectivity index (χ3n) is 6.18. The van der Waals surface area contributed by atoms with Crippen LogP contribution in [-0.2, 0) is 32.3 Å². The van der Waals surface area contributed by atoms with Crippen LogP contribution in [0.15, 0.2) is 77.7 Å². The number of likely N-dealkylation sites (N-methyl/N-ethyl adjacent to an activating group) is 1. The number of sulfonamides is 1. The van der Waals surface area contributed by atoms with Crippen LogP contribution >= 0.6 is 11.6 Å². The average molecular weight is 612 g/mol. The van der Waals surface area contributed by atoms with E-state index in [0.717, 1.165) is 12.1 Å². The third-order valence-corrected chi connectivity index (χ3v) is 8.30. The molecule has 0 aliphatic heterocycles. The molecule has 2 amide bonds. The molecule has 1 atom stereocenters. The van der Waals surface area contributed by atoms with Crippen molar-refractivity contribution in [2.45, 2.75) is 37.5 Å². The van der Waals surface area contributed by atoms with Crippen molar-refractivity contribution in [3.05, 3.63) is 88.9 Å². The number of nitrogens with one attached hydrogen (secondary N) is 1. The zero-order valence-electron chi connectivity index (χ0n) is 22.5. The van der Waals surface area contributed by atoms with Gasteiger partial charge in [0.15, 0.2) is 0 Å². The van der Waals surface area contributed by atoms with Gasteiger partial charge in [-0.15, -0.1) is 0 Å². The highest BCUT2D eigenvalue weighted by atomic mass is 35.5. The number of anilines is 1. The van der Waals surface area contributed by atoms with Crippen LogP contribution in [0.1, 0.15) is 25.0 Å². The minimum Gasteiger partial charge on any atom is -0.497 e. The van der Waals surface area contributed by atoms with E-state index in [1.54, 1.807) is 37.3 Å². The molecule has 0 saturated heterocycles. The molecule has 0 bridgehead atoms. The number of hydrogen-bond acceptors (Lipinski definition) is 5. The van der Waals surface area contributed by atoms with Gasteiger partial charge >= 0.3 is 6.18 Å². The van der Waals surface area contributed by atoms with Crippen molar-refractivity contribution in [1.82, 2.24) is 10.2 Å². The molecule has 0 heterocycles. The van der Waals surface area contributed by atoms with Gasteiger partial charge in [0.05, 0.1) is 28.3 Å². The zero-order chi connectivity index (χ0) is 30.4. The van der Waals surface area contributed by atoms with Crippen LogP contribution in [0.2, 0.25) is 5.02 Å². The van der Waals surface area contributed by atoms with Crippen molar-refractivity contribution >= 4 is 39.1 Å². The number of rotatable bonds is 11. The van der Waals surface area contributed by atoms with Gasteiger partial charge in [-0.1, -0.05) is 41.9 Å². The molecule has 8 nitrogen and oxygen atoms in total. The van der Waals surface area contributed by atoms with Gasteiger partial charge < -0.3 is 15.0 Å². The van der Waals surface area contributed by atoms with Crippen molar-refractivity contribution in [3.8, 4) is 5.75 Å². The van der Waals surface area contributed by atoms with Gasteiger partial charge in [0.1, 0.15) is 18.3 Å². The topological polar surface area (TPSA) is 96.0 Å². The molecule has 3 rings (SSSR count). The molecule has 0 unspecified atom stereocenters. The molecule has 0 aliphatic carbocycles. The number of hydrogen-bond donors (Lipinski definition) is 1. The number of methoxy groups -OCH3 is 1. The highest BCUT2D eigenvalue weighted by molar-refractivity contribution is 7.92. The van der Waals surface area contributed by atoms with E-state index in [2.05, 4.69) is 5.32 Å². The maximum atomic E-state index is 13.8. The van der Waals surface area contributed by atoms with Gasteiger partial charge in [-0.3, -0.25) is 13.9 Å². The summed E-state index contributed by atoms with van der Waals surface area (Å²) in [6.07, 6.45) is -4.88. The lowest BCUT2D eigenvalue weighted by Gasteiger charge is -2.32. The first kappa shape index (κ1) is 31.8. The molecule has 0 aliphatic rings. The summed E-state index contributed by atoms with van der Waals surface area (Å²) in [5, 5.41) is 2.00. The molecule has 1 N–H and O–H groups in total. The van der Waals surface area contributed by atoms with E-state index < -0.39 is 56.9 Å². The SMILES string of the molecule is CCNC(=O)[C@@H](C)N(Cc1ccc(OC)cc1)C(=O)CN(c1ccc(Cl)c(C(F)(F)F)c1)S(=O)(=O)c1ccccc1. The van der Waals surface area contributed by atoms with E-state index in [-0.39, 0.29) is 18.0 Å². The van der Waals surface area contributed by atoms with Gasteiger partial charge in [-0.2, -0.15) is 13.2 Å². The Morgan fingerprint density at radius 3 is 2.22 bits per heavy atom. The van der Waals surface area contributed by atoms with Crippen LogP contribution in [0.25, 0.3) is 0 Å². The van der Waals surface area contributed by atoms with E-state index in [0.29, 0.717) is 21.7 Å². The van der Waals surface area contributed by atoms with Gasteiger partial charge in [-0.05, 0) is 61.9 Å². The first-order valence-corrected chi connectivity index (χ1v) is 14.3. The fourth-order valence-corrected chi connectivity index (χ4v) is 5.62. The lowest BCUT2D eigenvalue weighted by atomic mass is 10.1. The fourth-order valence-electron chi connectivity index (χ4n) is 3.97. The third kappa shape index (κ3) is 7.70. The fraction of sp³-hybridized carbons (Fsp3) is 0.286. The molecule has 3 aromatic carbocycles. The smallest absolute Gasteiger partial charge is 0.417 e. The molecule has 0 radical (unpaired) electrons. The summed E-state index contributed by atoms with van der Waals surface area (Å²) in [5.74, 6) is -0.744. The number of halogens is 4. The van der Waals surface area contributed by atoms with E-state index in [9.17, 15) is 31.2 Å². The van der Waals surface area contributed by atoms with E-state index in [1.807, 2.05) is 0 Å². The Hall–Kier alpha value is -3.77. The summed E-state index contributed by atoms with van der Waals surface area (Å²) in [7, 11) is -3.05. The first-order valence-electron chi connectivity index (χ1n) is 12.4. The van der Waals surface area contributed by atoms with Crippen LogP contribution in [0.5, 0.6) is 5.75 Å². The lowest BCUT2D eigenvalue weighted by Crippen LogP contribution is -2.51. The average Bonchev–Trinajstić information content (AvgIpc) is 2.94. The molecular weight excluding hydrogens is 583 g/mol. The number of benzene rings is 3. The predicted molar refractivity (Wildman–Crippen MR) is 149 cm³/mol. The van der Waals surface area contributed by atoms with Crippen LogP contribution < -0.4 is 14.4 Å². The summed E-state index contributed by atoms with van der Waals surface area (Å²) in [6, 6.07) is 15.2. The Kier molecular flexibility index (Phi) is 10.3. The second-order valence-electron chi connectivity index (χ2n) is 8.93. The standard InChI is InChI=1S/C28H29ClF3N3O5S/c1-4-33-27(37)19(2)34(17-20-10-13-22(40-3)14-11-20)26(36)18-35(41(38,39)23-8-6-5-7-9-23)21-12-15-25(29)24(16-21)28(30,31)32/h5-16,19H,4,17-18H2,1-3H3,(H,33,37)/t19-/m1/s1. The van der Waals surface area contributed by atoms with Crippen molar-refractivity contribution in [2.75, 3.05) is 24.5 Å². The highest BCUT2D eigenvalue weighted by Gasteiger charge is 2.36. The second kappa shape index (κ2) is 13.3. The monoisotopic (exact) mass is 611 g/mol. The maximum absolute atomic E-state index is 13.8. The minimum atomic E-state index is -4.88. The molecule has 0 fully saturated rings. The van der Waals surface area contributed by atoms with Gasteiger partial charge in [0, 0.05) is 13.1 Å². The minimum absolute atomic E-state index is 0.0885. The number of alkyl halides is 3. The highest BCUT2D eigenvalue weighted by Crippen LogP contribution is 2.38. The summed E-state index contributed by atoms with van der Waals surface area (Å²) >= 11 is 5.77. The molecule has 0 aromatic heterocycles. The maximum Gasteiger partial charge on any atom is 0.417 e.